The summed E-state index contributed by atoms with van der Waals surface area (Å²) in [5.41, 5.74) is 5.09. The van der Waals surface area contributed by atoms with Crippen LogP contribution in [-0.2, 0) is 0 Å². The van der Waals surface area contributed by atoms with Crippen LogP contribution in [0.2, 0.25) is 0 Å². The molecule has 2 fully saturated rings. The van der Waals surface area contributed by atoms with Gasteiger partial charge in [0.05, 0.1) is 6.10 Å². The molecular weight excluding hydrogens is 318 g/mol. The van der Waals surface area contributed by atoms with Gasteiger partial charge >= 0.3 is 0 Å². The highest BCUT2D eigenvalue weighted by atomic mass is 16.3. The predicted octanol–water partition coefficient (Wildman–Crippen LogP) is 5.40. The smallest absolute Gasteiger partial charge is 0.0577 e. The van der Waals surface area contributed by atoms with Crippen molar-refractivity contribution in [1.29, 1.82) is 0 Å². The Kier molecular flexibility index (Phi) is 3.73. The monoisotopic (exact) mass is 349 g/mol. The zero-order valence-electron chi connectivity index (χ0n) is 16.1. The van der Waals surface area contributed by atoms with E-state index in [1.807, 2.05) is 12.4 Å². The normalized spacial score (nSPS) is 44.4. The van der Waals surface area contributed by atoms with Crippen LogP contribution in [0.5, 0.6) is 0 Å². The Balaban J connectivity index is 1.48. The fourth-order valence-corrected chi connectivity index (χ4v) is 7.18. The molecule has 2 saturated carbocycles. The van der Waals surface area contributed by atoms with Gasteiger partial charge in [0.25, 0.3) is 0 Å². The van der Waals surface area contributed by atoms with Crippen LogP contribution in [0.25, 0.3) is 5.57 Å². The lowest BCUT2D eigenvalue weighted by atomic mass is 9.47. The average Bonchev–Trinajstić information content (AvgIpc) is 3.00. The Morgan fingerprint density at radius 3 is 2.69 bits per heavy atom. The van der Waals surface area contributed by atoms with Gasteiger partial charge in [-0.1, -0.05) is 37.6 Å². The summed E-state index contributed by atoms with van der Waals surface area (Å²) in [4.78, 5) is 4.38. The number of aromatic nitrogens is 1. The van der Waals surface area contributed by atoms with E-state index in [1.165, 1.54) is 37.7 Å². The summed E-state index contributed by atoms with van der Waals surface area (Å²) in [7, 11) is 0. The van der Waals surface area contributed by atoms with Gasteiger partial charge in [0.2, 0.25) is 0 Å². The highest BCUT2D eigenvalue weighted by Gasteiger charge is 2.56. The molecule has 0 amide bonds. The van der Waals surface area contributed by atoms with Crippen LogP contribution in [0.15, 0.2) is 42.3 Å². The molecular formula is C24H31NO. The molecule has 0 spiro atoms. The Labute approximate surface area is 157 Å². The standard InChI is InChI=1S/C24H31NO/c1-23-11-9-18(26)14-17(23)5-6-19-21-8-7-20(16-4-3-13-25-15-16)24(21,2)12-10-22(19)23/h3-5,7,13,15,18-19,21-22,26H,6,8-12,14H2,1-2H3/t18-,19?,21-,22?,23-,24?/m0/s1. The molecule has 0 bridgehead atoms. The minimum Gasteiger partial charge on any atom is -0.393 e. The second-order valence-electron chi connectivity index (χ2n) is 9.71. The fourth-order valence-electron chi connectivity index (χ4n) is 7.18. The van der Waals surface area contributed by atoms with E-state index in [0.717, 1.165) is 30.6 Å². The van der Waals surface area contributed by atoms with Gasteiger partial charge in [-0.25, -0.2) is 0 Å². The minimum atomic E-state index is -0.106. The number of hydrogen-bond donors (Lipinski definition) is 1. The summed E-state index contributed by atoms with van der Waals surface area (Å²) < 4.78 is 0. The molecule has 3 unspecified atom stereocenters. The number of fused-ring (bicyclic) bond motifs is 5. The van der Waals surface area contributed by atoms with Crippen LogP contribution in [0.4, 0.5) is 0 Å². The van der Waals surface area contributed by atoms with Gasteiger partial charge in [0, 0.05) is 12.4 Å². The zero-order chi connectivity index (χ0) is 17.9. The summed E-state index contributed by atoms with van der Waals surface area (Å²) in [6.07, 6.45) is 17.0. The van der Waals surface area contributed by atoms with Crippen LogP contribution in [-0.4, -0.2) is 16.2 Å². The largest absolute Gasteiger partial charge is 0.393 e. The van der Waals surface area contributed by atoms with E-state index in [-0.39, 0.29) is 6.10 Å². The number of aliphatic hydroxyl groups excluding tert-OH is 1. The van der Waals surface area contributed by atoms with E-state index in [2.05, 4.69) is 43.1 Å². The maximum atomic E-state index is 10.2. The van der Waals surface area contributed by atoms with Crippen LogP contribution in [0.1, 0.15) is 64.4 Å². The quantitative estimate of drug-likeness (QED) is 0.689. The van der Waals surface area contributed by atoms with Crippen molar-refractivity contribution in [3.63, 3.8) is 0 Å². The topological polar surface area (TPSA) is 33.1 Å². The number of aliphatic hydroxyl groups is 1. The third-order valence-corrected chi connectivity index (χ3v) is 8.63. The SMILES string of the molecule is CC12CCC3C(CC=C4C[C@@H](O)CC[C@@]43C)[C@@H]1CC=C2c1cccnc1. The van der Waals surface area contributed by atoms with Crippen molar-refractivity contribution in [3.05, 3.63) is 47.8 Å². The molecule has 2 nitrogen and oxygen atoms in total. The molecule has 1 heterocycles. The van der Waals surface area contributed by atoms with E-state index < -0.39 is 0 Å². The number of pyridine rings is 1. The summed E-state index contributed by atoms with van der Waals surface area (Å²) in [6, 6.07) is 4.31. The first kappa shape index (κ1) is 16.7. The Hall–Kier alpha value is -1.41. The lowest BCUT2D eigenvalue weighted by molar-refractivity contribution is -0.0238. The maximum absolute atomic E-state index is 10.2. The molecule has 4 aliphatic carbocycles. The number of allylic oxidation sites excluding steroid dienone is 3. The summed E-state index contributed by atoms with van der Waals surface area (Å²) in [6.45, 7) is 5.03. The highest BCUT2D eigenvalue weighted by Crippen LogP contribution is 2.66. The van der Waals surface area contributed by atoms with Crippen LogP contribution >= 0.6 is 0 Å². The predicted molar refractivity (Wildman–Crippen MR) is 105 cm³/mol. The van der Waals surface area contributed by atoms with Crippen molar-refractivity contribution in [2.24, 2.45) is 28.6 Å². The van der Waals surface area contributed by atoms with Crippen molar-refractivity contribution in [3.8, 4) is 0 Å². The van der Waals surface area contributed by atoms with Gasteiger partial charge < -0.3 is 5.11 Å². The molecule has 26 heavy (non-hydrogen) atoms. The molecule has 6 atom stereocenters. The first-order chi connectivity index (χ1) is 12.5. The van der Waals surface area contributed by atoms with E-state index >= 15 is 0 Å². The number of rotatable bonds is 1. The van der Waals surface area contributed by atoms with Gasteiger partial charge in [-0.3, -0.25) is 4.98 Å². The highest BCUT2D eigenvalue weighted by molar-refractivity contribution is 5.72. The fraction of sp³-hybridized carbons (Fsp3) is 0.625. The van der Waals surface area contributed by atoms with Crippen molar-refractivity contribution < 1.29 is 5.11 Å². The van der Waals surface area contributed by atoms with Crippen molar-refractivity contribution in [2.75, 3.05) is 0 Å². The Bertz CT molecular complexity index is 766. The van der Waals surface area contributed by atoms with Gasteiger partial charge in [-0.15, -0.1) is 0 Å². The van der Waals surface area contributed by atoms with E-state index in [1.54, 1.807) is 11.1 Å². The van der Waals surface area contributed by atoms with E-state index in [0.29, 0.717) is 10.8 Å². The van der Waals surface area contributed by atoms with Gasteiger partial charge in [-0.05, 0) is 90.7 Å². The number of hydrogen-bond acceptors (Lipinski definition) is 2. The van der Waals surface area contributed by atoms with Crippen LogP contribution in [0.3, 0.4) is 0 Å². The Morgan fingerprint density at radius 2 is 1.88 bits per heavy atom. The second-order valence-corrected chi connectivity index (χ2v) is 9.71. The van der Waals surface area contributed by atoms with Crippen molar-refractivity contribution in [2.45, 2.75) is 64.9 Å². The zero-order valence-corrected chi connectivity index (χ0v) is 16.1. The molecule has 5 rings (SSSR count). The molecule has 2 heteroatoms. The van der Waals surface area contributed by atoms with Gasteiger partial charge in [-0.2, -0.15) is 0 Å². The minimum absolute atomic E-state index is 0.106. The van der Waals surface area contributed by atoms with Crippen molar-refractivity contribution >= 4 is 5.57 Å². The molecule has 1 aromatic heterocycles. The summed E-state index contributed by atoms with van der Waals surface area (Å²) >= 11 is 0. The Morgan fingerprint density at radius 1 is 1.04 bits per heavy atom. The van der Waals surface area contributed by atoms with Gasteiger partial charge in [0.1, 0.15) is 0 Å². The molecule has 0 aliphatic heterocycles. The van der Waals surface area contributed by atoms with Gasteiger partial charge in [0.15, 0.2) is 0 Å². The average molecular weight is 350 g/mol. The lowest BCUT2D eigenvalue weighted by Gasteiger charge is -2.57. The summed E-state index contributed by atoms with van der Waals surface area (Å²) in [5, 5.41) is 10.2. The van der Waals surface area contributed by atoms with E-state index in [9.17, 15) is 5.11 Å². The van der Waals surface area contributed by atoms with Crippen molar-refractivity contribution in [1.82, 2.24) is 4.98 Å². The molecule has 1 aromatic rings. The lowest BCUT2D eigenvalue weighted by Crippen LogP contribution is -2.49. The third-order valence-electron chi connectivity index (χ3n) is 8.63. The van der Waals surface area contributed by atoms with Crippen LogP contribution in [0, 0.1) is 28.6 Å². The third kappa shape index (κ3) is 2.24. The number of nitrogens with zero attached hydrogens (tertiary/aromatic N) is 1. The summed E-state index contributed by atoms with van der Waals surface area (Å²) in [5.74, 6) is 2.36. The maximum Gasteiger partial charge on any atom is 0.0577 e. The molecule has 1 N–H and O–H groups in total. The molecule has 0 aromatic carbocycles. The van der Waals surface area contributed by atoms with E-state index in [4.69, 9.17) is 0 Å². The molecule has 138 valence electrons. The first-order valence-electron chi connectivity index (χ1n) is 10.5. The first-order valence-corrected chi connectivity index (χ1v) is 10.5. The second kappa shape index (κ2) is 5.79. The molecule has 4 aliphatic rings. The van der Waals surface area contributed by atoms with Crippen LogP contribution < -0.4 is 0 Å². The molecule has 0 saturated heterocycles. The molecule has 0 radical (unpaired) electrons.